The zero-order valence-corrected chi connectivity index (χ0v) is 11.6. The van der Waals surface area contributed by atoms with Gasteiger partial charge in [0.15, 0.2) is 0 Å². The summed E-state index contributed by atoms with van der Waals surface area (Å²) in [6, 6.07) is 0.127. The van der Waals surface area contributed by atoms with Gasteiger partial charge in [0.25, 0.3) is 0 Å². The highest BCUT2D eigenvalue weighted by Gasteiger charge is 2.26. The van der Waals surface area contributed by atoms with Gasteiger partial charge in [-0.25, -0.2) is 9.97 Å². The molecule has 2 heterocycles. The molecule has 2 unspecified atom stereocenters. The summed E-state index contributed by atoms with van der Waals surface area (Å²) >= 11 is 0. The van der Waals surface area contributed by atoms with Crippen molar-refractivity contribution in [2.24, 2.45) is 0 Å². The van der Waals surface area contributed by atoms with Crippen LogP contribution in [0.5, 0.6) is 0 Å². The Balaban J connectivity index is 2.21. The fourth-order valence-corrected chi connectivity index (χ4v) is 2.28. The number of hydrogen-bond acceptors (Lipinski definition) is 7. The Bertz CT molecular complexity index is 482. The van der Waals surface area contributed by atoms with E-state index in [-0.39, 0.29) is 29.5 Å². The predicted molar refractivity (Wildman–Crippen MR) is 74.9 cm³/mol. The summed E-state index contributed by atoms with van der Waals surface area (Å²) in [6.45, 7) is 5.06. The largest absolute Gasteiger partial charge is 0.378 e. The molecular weight excluding hydrogens is 262 g/mol. The smallest absolute Gasteiger partial charge is 0.353 e. The van der Waals surface area contributed by atoms with Crippen LogP contribution in [-0.4, -0.2) is 40.2 Å². The molecule has 0 amide bonds. The Labute approximate surface area is 117 Å². The van der Waals surface area contributed by atoms with Crippen molar-refractivity contribution in [1.29, 1.82) is 0 Å². The first kappa shape index (κ1) is 14.4. The van der Waals surface area contributed by atoms with Crippen molar-refractivity contribution < 1.29 is 9.66 Å². The van der Waals surface area contributed by atoms with Gasteiger partial charge in [0, 0.05) is 19.2 Å². The summed E-state index contributed by atoms with van der Waals surface area (Å²) in [5.74, 6) is 0.509. The van der Waals surface area contributed by atoms with Crippen LogP contribution in [0.15, 0.2) is 6.33 Å². The lowest BCUT2D eigenvalue weighted by Gasteiger charge is -2.28. The lowest BCUT2D eigenvalue weighted by atomic mass is 10.0. The molecule has 1 saturated heterocycles. The molecule has 20 heavy (non-hydrogen) atoms. The van der Waals surface area contributed by atoms with Crippen LogP contribution in [-0.2, 0) is 4.74 Å². The second-order valence-corrected chi connectivity index (χ2v) is 4.75. The van der Waals surface area contributed by atoms with E-state index in [1.165, 1.54) is 6.33 Å². The highest BCUT2D eigenvalue weighted by atomic mass is 16.6. The van der Waals surface area contributed by atoms with Gasteiger partial charge in [-0.2, -0.15) is 0 Å². The zero-order valence-electron chi connectivity index (χ0n) is 11.6. The van der Waals surface area contributed by atoms with E-state index in [1.807, 2.05) is 13.8 Å². The Kier molecular flexibility index (Phi) is 4.67. The number of nitro groups is 1. The van der Waals surface area contributed by atoms with Gasteiger partial charge in [-0.3, -0.25) is 10.1 Å². The molecule has 1 aromatic heterocycles. The van der Waals surface area contributed by atoms with Gasteiger partial charge in [0.1, 0.15) is 6.33 Å². The summed E-state index contributed by atoms with van der Waals surface area (Å²) in [5.41, 5.74) is -0.103. The molecule has 2 N–H and O–H groups in total. The van der Waals surface area contributed by atoms with Gasteiger partial charge < -0.3 is 15.4 Å². The molecule has 0 aliphatic carbocycles. The Morgan fingerprint density at radius 2 is 2.25 bits per heavy atom. The number of rotatable bonds is 5. The second-order valence-electron chi connectivity index (χ2n) is 4.75. The minimum Gasteiger partial charge on any atom is -0.378 e. The quantitative estimate of drug-likeness (QED) is 0.626. The molecule has 1 aliphatic rings. The highest BCUT2D eigenvalue weighted by Crippen LogP contribution is 2.30. The number of nitrogens with zero attached hydrogens (tertiary/aromatic N) is 3. The van der Waals surface area contributed by atoms with Crippen molar-refractivity contribution >= 4 is 17.3 Å². The summed E-state index contributed by atoms with van der Waals surface area (Å²) in [4.78, 5) is 18.7. The van der Waals surface area contributed by atoms with Crippen molar-refractivity contribution in [3.05, 3.63) is 16.4 Å². The topological polar surface area (TPSA) is 102 Å². The number of nitrogens with one attached hydrogen (secondary N) is 2. The molecule has 1 fully saturated rings. The Hall–Kier alpha value is -1.96. The van der Waals surface area contributed by atoms with Gasteiger partial charge in [-0.1, -0.05) is 0 Å². The average Bonchev–Trinajstić information content (AvgIpc) is 2.39. The molecule has 0 bridgehead atoms. The van der Waals surface area contributed by atoms with Crippen molar-refractivity contribution in [1.82, 2.24) is 9.97 Å². The van der Waals surface area contributed by atoms with E-state index in [1.54, 1.807) is 0 Å². The van der Waals surface area contributed by atoms with Crippen molar-refractivity contribution in [3.63, 3.8) is 0 Å². The lowest BCUT2D eigenvalue weighted by Crippen LogP contribution is -2.33. The fraction of sp³-hybridized carbons (Fsp3) is 0.667. The molecule has 2 atom stereocenters. The van der Waals surface area contributed by atoms with Gasteiger partial charge in [0.05, 0.1) is 11.0 Å². The SMILES string of the molecule is CCNc1ncnc(NC2CCOC(C)C2)c1[N+](=O)[O-]. The molecule has 8 heteroatoms. The molecule has 0 radical (unpaired) electrons. The molecule has 1 aliphatic heterocycles. The number of hydrogen-bond donors (Lipinski definition) is 2. The molecule has 2 rings (SSSR count). The third kappa shape index (κ3) is 3.32. The van der Waals surface area contributed by atoms with E-state index >= 15 is 0 Å². The van der Waals surface area contributed by atoms with E-state index in [4.69, 9.17) is 4.74 Å². The maximum atomic E-state index is 11.2. The van der Waals surface area contributed by atoms with Crippen molar-refractivity contribution in [2.45, 2.75) is 38.8 Å². The standard InChI is InChI=1S/C12H19N5O3/c1-3-13-11-10(17(18)19)12(15-7-14-11)16-9-4-5-20-8(2)6-9/h7-9H,3-6H2,1-2H3,(H2,13,14,15,16). The fourth-order valence-electron chi connectivity index (χ4n) is 2.28. The number of aromatic nitrogens is 2. The maximum Gasteiger partial charge on any atom is 0.353 e. The van der Waals surface area contributed by atoms with Crippen molar-refractivity contribution in [3.8, 4) is 0 Å². The molecule has 0 spiro atoms. The molecule has 1 aromatic rings. The van der Waals surface area contributed by atoms with Gasteiger partial charge in [0.2, 0.25) is 11.6 Å². The average molecular weight is 281 g/mol. The summed E-state index contributed by atoms with van der Waals surface area (Å²) in [7, 11) is 0. The Morgan fingerprint density at radius 3 is 2.90 bits per heavy atom. The first-order valence-electron chi connectivity index (χ1n) is 6.73. The van der Waals surface area contributed by atoms with Crippen molar-refractivity contribution in [2.75, 3.05) is 23.8 Å². The number of ether oxygens (including phenoxy) is 1. The van der Waals surface area contributed by atoms with Crippen LogP contribution in [0.3, 0.4) is 0 Å². The Morgan fingerprint density at radius 1 is 1.50 bits per heavy atom. The maximum absolute atomic E-state index is 11.2. The first-order valence-corrected chi connectivity index (χ1v) is 6.73. The van der Waals surface area contributed by atoms with Crippen LogP contribution in [0.2, 0.25) is 0 Å². The van der Waals surface area contributed by atoms with Crippen LogP contribution in [0.25, 0.3) is 0 Å². The normalized spacial score (nSPS) is 22.3. The molecule has 0 saturated carbocycles. The van der Waals surface area contributed by atoms with E-state index in [2.05, 4.69) is 20.6 Å². The highest BCUT2D eigenvalue weighted by molar-refractivity contribution is 5.69. The zero-order chi connectivity index (χ0) is 14.5. The second kappa shape index (κ2) is 6.47. The van der Waals surface area contributed by atoms with Crippen LogP contribution < -0.4 is 10.6 Å². The summed E-state index contributed by atoms with van der Waals surface area (Å²) in [6.07, 6.45) is 3.09. The summed E-state index contributed by atoms with van der Waals surface area (Å²) in [5, 5.41) is 17.3. The van der Waals surface area contributed by atoms with Crippen LogP contribution >= 0.6 is 0 Å². The minimum absolute atomic E-state index is 0.103. The minimum atomic E-state index is -0.455. The molecule has 110 valence electrons. The van der Waals surface area contributed by atoms with Gasteiger partial charge in [-0.05, 0) is 26.7 Å². The molecule has 0 aromatic carbocycles. The predicted octanol–water partition coefficient (Wildman–Crippen LogP) is 1.80. The lowest BCUT2D eigenvalue weighted by molar-refractivity contribution is -0.383. The monoisotopic (exact) mass is 281 g/mol. The van der Waals surface area contributed by atoms with E-state index in [0.29, 0.717) is 13.2 Å². The summed E-state index contributed by atoms with van der Waals surface area (Å²) < 4.78 is 5.47. The van der Waals surface area contributed by atoms with E-state index in [9.17, 15) is 10.1 Å². The third-order valence-electron chi connectivity index (χ3n) is 3.18. The molecule has 8 nitrogen and oxygen atoms in total. The van der Waals surface area contributed by atoms with Gasteiger partial charge in [-0.15, -0.1) is 0 Å². The van der Waals surface area contributed by atoms with Crippen LogP contribution in [0.1, 0.15) is 26.7 Å². The van der Waals surface area contributed by atoms with Crippen LogP contribution in [0.4, 0.5) is 17.3 Å². The molecular formula is C12H19N5O3. The third-order valence-corrected chi connectivity index (χ3v) is 3.18. The number of anilines is 2. The van der Waals surface area contributed by atoms with Gasteiger partial charge >= 0.3 is 5.69 Å². The first-order chi connectivity index (χ1) is 9.61. The van der Waals surface area contributed by atoms with E-state index < -0.39 is 4.92 Å². The van der Waals surface area contributed by atoms with Crippen LogP contribution in [0, 0.1) is 10.1 Å². The van der Waals surface area contributed by atoms with E-state index in [0.717, 1.165) is 12.8 Å².